The molecule has 0 aliphatic carbocycles. The Balaban J connectivity index is 2.09. The van der Waals surface area contributed by atoms with Crippen molar-refractivity contribution in [3.8, 4) is 5.75 Å². The molecule has 0 atom stereocenters. The summed E-state index contributed by atoms with van der Waals surface area (Å²) in [6.07, 6.45) is 0. The molecule has 0 bridgehead atoms. The van der Waals surface area contributed by atoms with E-state index in [1.54, 1.807) is 0 Å². The Bertz CT molecular complexity index is 437. The second-order valence-electron chi connectivity index (χ2n) is 3.53. The van der Waals surface area contributed by atoms with Crippen LogP contribution in [0.25, 0.3) is 0 Å². The van der Waals surface area contributed by atoms with Crippen molar-refractivity contribution < 1.29 is 4.74 Å². The number of ether oxygens (including phenoxy) is 1. The first-order valence-electron chi connectivity index (χ1n) is 5.08. The van der Waals surface area contributed by atoms with Gasteiger partial charge in [0.05, 0.1) is 5.69 Å². The molecule has 0 aliphatic heterocycles. The summed E-state index contributed by atoms with van der Waals surface area (Å²) < 4.78 is 5.60. The lowest BCUT2D eigenvalue weighted by Crippen LogP contribution is -2.01. The van der Waals surface area contributed by atoms with Gasteiger partial charge >= 0.3 is 0 Å². The van der Waals surface area contributed by atoms with E-state index in [0.29, 0.717) is 18.0 Å². The number of benzene rings is 2. The van der Waals surface area contributed by atoms with Crippen LogP contribution in [-0.4, -0.2) is 0 Å². The van der Waals surface area contributed by atoms with Gasteiger partial charge in [-0.05, 0) is 18.2 Å². The van der Waals surface area contributed by atoms with Gasteiger partial charge in [-0.3, -0.25) is 0 Å². The van der Waals surface area contributed by atoms with E-state index in [0.717, 1.165) is 11.3 Å². The lowest BCUT2D eigenvalue weighted by atomic mass is 10.2. The molecule has 0 aliphatic rings. The third-order valence-electron chi connectivity index (χ3n) is 2.36. The van der Waals surface area contributed by atoms with E-state index in [-0.39, 0.29) is 0 Å². The van der Waals surface area contributed by atoms with Crippen LogP contribution in [0.15, 0.2) is 48.5 Å². The predicted molar refractivity (Wildman–Crippen MR) is 66.0 cm³/mol. The van der Waals surface area contributed by atoms with Crippen LogP contribution in [-0.2, 0) is 6.61 Å². The maximum Gasteiger partial charge on any atom is 0.142 e. The Morgan fingerprint density at radius 1 is 0.812 bits per heavy atom. The van der Waals surface area contributed by atoms with E-state index in [9.17, 15) is 0 Å². The first kappa shape index (κ1) is 10.4. The highest BCUT2D eigenvalue weighted by Crippen LogP contribution is 2.22. The van der Waals surface area contributed by atoms with Crippen molar-refractivity contribution in [3.05, 3.63) is 54.1 Å². The highest BCUT2D eigenvalue weighted by molar-refractivity contribution is 5.52. The highest BCUT2D eigenvalue weighted by Gasteiger charge is 2.01. The number of nitrogens with two attached hydrogens (primary N) is 2. The molecule has 4 N–H and O–H groups in total. The molecule has 82 valence electrons. The van der Waals surface area contributed by atoms with E-state index in [1.165, 1.54) is 0 Å². The first-order valence-corrected chi connectivity index (χ1v) is 5.08. The predicted octanol–water partition coefficient (Wildman–Crippen LogP) is 2.43. The molecule has 3 heteroatoms. The zero-order valence-electron chi connectivity index (χ0n) is 8.89. The Labute approximate surface area is 94.6 Å². The van der Waals surface area contributed by atoms with Gasteiger partial charge in [-0.25, -0.2) is 0 Å². The van der Waals surface area contributed by atoms with Gasteiger partial charge in [0.2, 0.25) is 0 Å². The van der Waals surface area contributed by atoms with Gasteiger partial charge in [0, 0.05) is 11.3 Å². The van der Waals surface area contributed by atoms with Crippen molar-refractivity contribution in [2.45, 2.75) is 6.61 Å². The molecule has 0 saturated carbocycles. The van der Waals surface area contributed by atoms with E-state index in [4.69, 9.17) is 16.2 Å². The molecule has 0 heterocycles. The summed E-state index contributed by atoms with van der Waals surface area (Å²) in [6.45, 7) is 0.431. The van der Waals surface area contributed by atoms with Crippen LogP contribution < -0.4 is 16.2 Å². The number of para-hydroxylation sites is 3. The highest BCUT2D eigenvalue weighted by atomic mass is 16.5. The van der Waals surface area contributed by atoms with E-state index < -0.39 is 0 Å². The zero-order valence-corrected chi connectivity index (χ0v) is 8.89. The monoisotopic (exact) mass is 214 g/mol. The Morgan fingerprint density at radius 3 is 2.12 bits per heavy atom. The minimum atomic E-state index is 0.431. The average molecular weight is 214 g/mol. The number of anilines is 2. The van der Waals surface area contributed by atoms with Crippen LogP contribution >= 0.6 is 0 Å². The summed E-state index contributed by atoms with van der Waals surface area (Å²) in [5, 5.41) is 0. The second-order valence-corrected chi connectivity index (χ2v) is 3.53. The number of hydrogen-bond acceptors (Lipinski definition) is 3. The Morgan fingerprint density at radius 2 is 1.44 bits per heavy atom. The van der Waals surface area contributed by atoms with Crippen LogP contribution in [0.4, 0.5) is 11.4 Å². The molecule has 2 aromatic rings. The van der Waals surface area contributed by atoms with Crippen molar-refractivity contribution in [1.29, 1.82) is 0 Å². The molecular formula is C13H14N2O. The molecular weight excluding hydrogens is 200 g/mol. The standard InChI is InChI=1S/C13H14N2O/c14-11-6-2-1-5-10(11)9-16-13-8-4-3-7-12(13)15/h1-8H,9,14-15H2. The maximum atomic E-state index is 5.81. The fourth-order valence-corrected chi connectivity index (χ4v) is 1.43. The SMILES string of the molecule is Nc1ccccc1COc1ccccc1N. The maximum absolute atomic E-state index is 5.81. The smallest absolute Gasteiger partial charge is 0.142 e. The van der Waals surface area contributed by atoms with Gasteiger partial charge in [-0.2, -0.15) is 0 Å². The molecule has 0 fully saturated rings. The normalized spacial score (nSPS) is 10.0. The lowest BCUT2D eigenvalue weighted by Gasteiger charge is -2.09. The third kappa shape index (κ3) is 2.25. The van der Waals surface area contributed by atoms with E-state index >= 15 is 0 Å². The zero-order chi connectivity index (χ0) is 11.4. The van der Waals surface area contributed by atoms with Crippen LogP contribution in [0, 0.1) is 0 Å². The number of hydrogen-bond donors (Lipinski definition) is 2. The summed E-state index contributed by atoms with van der Waals surface area (Å²) in [5.41, 5.74) is 13.9. The van der Waals surface area contributed by atoms with Crippen molar-refractivity contribution >= 4 is 11.4 Å². The summed E-state index contributed by atoms with van der Waals surface area (Å²) >= 11 is 0. The third-order valence-corrected chi connectivity index (χ3v) is 2.36. The Kier molecular flexibility index (Phi) is 2.96. The van der Waals surface area contributed by atoms with Gasteiger partial charge in [-0.1, -0.05) is 30.3 Å². The molecule has 0 radical (unpaired) electrons. The topological polar surface area (TPSA) is 61.3 Å². The molecule has 3 nitrogen and oxygen atoms in total. The number of rotatable bonds is 3. The van der Waals surface area contributed by atoms with Gasteiger partial charge in [0.25, 0.3) is 0 Å². The second kappa shape index (κ2) is 4.57. The van der Waals surface area contributed by atoms with E-state index in [2.05, 4.69) is 0 Å². The molecule has 2 rings (SSSR count). The molecule has 0 aromatic heterocycles. The van der Waals surface area contributed by atoms with Crippen LogP contribution in [0.3, 0.4) is 0 Å². The Hall–Kier alpha value is -2.16. The van der Waals surface area contributed by atoms with Gasteiger partial charge in [0.1, 0.15) is 12.4 Å². The van der Waals surface area contributed by atoms with E-state index in [1.807, 2.05) is 48.5 Å². The fourth-order valence-electron chi connectivity index (χ4n) is 1.43. The summed E-state index contributed by atoms with van der Waals surface area (Å²) in [6, 6.07) is 15.0. The van der Waals surface area contributed by atoms with Crippen molar-refractivity contribution in [3.63, 3.8) is 0 Å². The van der Waals surface area contributed by atoms with Crippen molar-refractivity contribution in [1.82, 2.24) is 0 Å². The largest absolute Gasteiger partial charge is 0.487 e. The molecule has 0 amide bonds. The lowest BCUT2D eigenvalue weighted by molar-refractivity contribution is 0.308. The van der Waals surface area contributed by atoms with Crippen molar-refractivity contribution in [2.75, 3.05) is 11.5 Å². The summed E-state index contributed by atoms with van der Waals surface area (Å²) in [4.78, 5) is 0. The molecule has 16 heavy (non-hydrogen) atoms. The van der Waals surface area contributed by atoms with Crippen LogP contribution in [0.5, 0.6) is 5.75 Å². The minimum Gasteiger partial charge on any atom is -0.487 e. The van der Waals surface area contributed by atoms with Gasteiger partial charge in [0.15, 0.2) is 0 Å². The van der Waals surface area contributed by atoms with Gasteiger partial charge in [-0.15, -0.1) is 0 Å². The minimum absolute atomic E-state index is 0.431. The fraction of sp³-hybridized carbons (Fsp3) is 0.0769. The summed E-state index contributed by atoms with van der Waals surface area (Å²) in [5.74, 6) is 0.686. The van der Waals surface area contributed by atoms with Gasteiger partial charge < -0.3 is 16.2 Å². The molecule has 0 saturated heterocycles. The van der Waals surface area contributed by atoms with Crippen molar-refractivity contribution in [2.24, 2.45) is 0 Å². The molecule has 0 unspecified atom stereocenters. The molecule has 0 spiro atoms. The first-order chi connectivity index (χ1) is 7.77. The summed E-state index contributed by atoms with van der Waals surface area (Å²) in [7, 11) is 0. The molecule has 2 aromatic carbocycles. The van der Waals surface area contributed by atoms with Crippen LogP contribution in [0.1, 0.15) is 5.56 Å². The average Bonchev–Trinajstić information content (AvgIpc) is 2.30. The van der Waals surface area contributed by atoms with Crippen LogP contribution in [0.2, 0.25) is 0 Å². The number of nitrogen functional groups attached to an aromatic ring is 2. The quantitative estimate of drug-likeness (QED) is 0.771.